The number of aromatic nitrogens is 3. The summed E-state index contributed by atoms with van der Waals surface area (Å²) in [5, 5.41) is 13.4. The summed E-state index contributed by atoms with van der Waals surface area (Å²) in [7, 11) is 0. The number of rotatable bonds is 3. The van der Waals surface area contributed by atoms with Gasteiger partial charge in [0.1, 0.15) is 6.33 Å². The van der Waals surface area contributed by atoms with Crippen molar-refractivity contribution in [1.82, 2.24) is 14.8 Å². The number of carbonyl (C=O) groups is 1. The first-order valence-corrected chi connectivity index (χ1v) is 5.86. The van der Waals surface area contributed by atoms with Gasteiger partial charge >= 0.3 is 0 Å². The Morgan fingerprint density at radius 3 is 2.76 bits per heavy atom. The molecule has 0 radical (unpaired) electrons. The Morgan fingerprint density at radius 1 is 1.59 bits per heavy atom. The van der Waals surface area contributed by atoms with Gasteiger partial charge in [-0.1, -0.05) is 13.8 Å². The van der Waals surface area contributed by atoms with Crippen molar-refractivity contribution in [3.05, 3.63) is 12.2 Å². The lowest BCUT2D eigenvalue weighted by molar-refractivity contribution is 0.0989. The van der Waals surface area contributed by atoms with Crippen molar-refractivity contribution in [2.45, 2.75) is 26.3 Å². The van der Waals surface area contributed by atoms with E-state index in [0.29, 0.717) is 11.8 Å². The third-order valence-electron chi connectivity index (χ3n) is 4.03. The number of hydrogen-bond donors (Lipinski definition) is 2. The summed E-state index contributed by atoms with van der Waals surface area (Å²) >= 11 is 0. The van der Waals surface area contributed by atoms with Crippen LogP contribution >= 0.6 is 0 Å². The molecular weight excluding hydrogens is 220 g/mol. The maximum absolute atomic E-state index is 10.9. The molecule has 1 aliphatic carbocycles. The Kier molecular flexibility index (Phi) is 3.15. The van der Waals surface area contributed by atoms with Gasteiger partial charge in [0, 0.05) is 6.61 Å². The van der Waals surface area contributed by atoms with Crippen molar-refractivity contribution >= 4 is 5.91 Å². The molecule has 0 bridgehead atoms. The summed E-state index contributed by atoms with van der Waals surface area (Å²) in [5.41, 5.74) is 5.12. The molecule has 17 heavy (non-hydrogen) atoms. The molecule has 3 N–H and O–H groups in total. The molecule has 1 amide bonds. The minimum atomic E-state index is -0.610. The highest BCUT2D eigenvalue weighted by Crippen LogP contribution is 2.43. The number of hydrogen-bond acceptors (Lipinski definition) is 4. The molecule has 1 fully saturated rings. The number of nitrogens with two attached hydrogens (primary N) is 1. The lowest BCUT2D eigenvalue weighted by atomic mass is 9.93. The number of primary amides is 1. The summed E-state index contributed by atoms with van der Waals surface area (Å²) in [6.45, 7) is 4.47. The van der Waals surface area contributed by atoms with Crippen molar-refractivity contribution in [3.8, 4) is 0 Å². The van der Waals surface area contributed by atoms with Gasteiger partial charge in [-0.25, -0.2) is 9.67 Å². The van der Waals surface area contributed by atoms with Crippen molar-refractivity contribution in [1.29, 1.82) is 0 Å². The number of carbonyl (C=O) groups excluding carboxylic acids is 1. The zero-order valence-electron chi connectivity index (χ0n) is 10.1. The van der Waals surface area contributed by atoms with Crippen molar-refractivity contribution in [3.63, 3.8) is 0 Å². The minimum Gasteiger partial charge on any atom is -0.396 e. The van der Waals surface area contributed by atoms with E-state index in [1.54, 1.807) is 11.0 Å². The number of aliphatic hydroxyl groups is 1. The van der Waals surface area contributed by atoms with Gasteiger partial charge in [-0.3, -0.25) is 4.79 Å². The van der Waals surface area contributed by atoms with Crippen LogP contribution < -0.4 is 5.73 Å². The lowest BCUT2D eigenvalue weighted by Crippen LogP contribution is -2.17. The maximum Gasteiger partial charge on any atom is 0.288 e. The molecule has 1 heterocycles. The molecule has 1 aromatic heterocycles. The Bertz CT molecular complexity index is 417. The van der Waals surface area contributed by atoms with Crippen LogP contribution in [0.15, 0.2) is 6.33 Å². The molecule has 6 heteroatoms. The van der Waals surface area contributed by atoms with Gasteiger partial charge in [-0.2, -0.15) is 0 Å². The standard InChI is InChI=1S/C11H18N4O2/c1-6-7(2)9(3-8(6)4-16)15-5-13-11(14-15)10(12)17/h5-9,16H,3-4H2,1-2H3,(H2,12,17). The van der Waals surface area contributed by atoms with Gasteiger partial charge in [-0.15, -0.1) is 5.10 Å². The van der Waals surface area contributed by atoms with Gasteiger partial charge in [0.2, 0.25) is 5.82 Å². The van der Waals surface area contributed by atoms with Gasteiger partial charge in [0.05, 0.1) is 6.04 Å². The van der Waals surface area contributed by atoms with Crippen LogP contribution in [0.5, 0.6) is 0 Å². The van der Waals surface area contributed by atoms with E-state index in [0.717, 1.165) is 6.42 Å². The SMILES string of the molecule is CC1C(CO)CC(n2cnc(C(N)=O)n2)C1C. The van der Waals surface area contributed by atoms with Crippen molar-refractivity contribution in [2.24, 2.45) is 23.5 Å². The van der Waals surface area contributed by atoms with Gasteiger partial charge in [0.15, 0.2) is 0 Å². The van der Waals surface area contributed by atoms with E-state index in [1.165, 1.54) is 0 Å². The average Bonchev–Trinajstić information content (AvgIpc) is 2.87. The first kappa shape index (κ1) is 12.0. The molecule has 4 unspecified atom stereocenters. The number of amides is 1. The Balaban J connectivity index is 2.19. The highest BCUT2D eigenvalue weighted by Gasteiger charge is 2.39. The van der Waals surface area contributed by atoms with Gasteiger partial charge in [0.25, 0.3) is 5.91 Å². The zero-order valence-corrected chi connectivity index (χ0v) is 10.1. The van der Waals surface area contributed by atoms with Crippen LogP contribution in [0, 0.1) is 17.8 Å². The van der Waals surface area contributed by atoms with Gasteiger partial charge < -0.3 is 10.8 Å². The molecule has 1 aliphatic rings. The predicted molar refractivity (Wildman–Crippen MR) is 61.1 cm³/mol. The molecule has 0 aliphatic heterocycles. The van der Waals surface area contributed by atoms with Crippen LogP contribution in [0.25, 0.3) is 0 Å². The van der Waals surface area contributed by atoms with Crippen LogP contribution in [0.1, 0.15) is 36.9 Å². The van der Waals surface area contributed by atoms with Crippen LogP contribution in [-0.2, 0) is 0 Å². The van der Waals surface area contributed by atoms with Crippen LogP contribution in [0.2, 0.25) is 0 Å². The predicted octanol–water partition coefficient (Wildman–Crippen LogP) is 0.202. The second-order valence-electron chi connectivity index (χ2n) is 4.88. The first-order chi connectivity index (χ1) is 8.04. The average molecular weight is 238 g/mol. The Hall–Kier alpha value is -1.43. The fourth-order valence-electron chi connectivity index (χ4n) is 2.66. The second kappa shape index (κ2) is 4.44. The lowest BCUT2D eigenvalue weighted by Gasteiger charge is -2.18. The summed E-state index contributed by atoms with van der Waals surface area (Å²) in [6, 6.07) is 0.183. The summed E-state index contributed by atoms with van der Waals surface area (Å²) in [6.07, 6.45) is 2.41. The smallest absolute Gasteiger partial charge is 0.288 e. The Labute approximate surface area is 99.8 Å². The third kappa shape index (κ3) is 2.04. The van der Waals surface area contributed by atoms with E-state index in [1.807, 2.05) is 0 Å². The largest absolute Gasteiger partial charge is 0.396 e. The minimum absolute atomic E-state index is 0.0531. The third-order valence-corrected chi connectivity index (χ3v) is 4.03. The van der Waals surface area contributed by atoms with E-state index in [9.17, 15) is 9.90 Å². The molecule has 1 saturated carbocycles. The monoisotopic (exact) mass is 238 g/mol. The molecule has 0 spiro atoms. The van der Waals surface area contributed by atoms with Crippen LogP contribution in [0.4, 0.5) is 0 Å². The molecule has 0 saturated heterocycles. The number of nitrogens with zero attached hydrogens (tertiary/aromatic N) is 3. The highest BCUT2D eigenvalue weighted by atomic mass is 16.3. The summed E-state index contributed by atoms with van der Waals surface area (Å²) < 4.78 is 1.71. The van der Waals surface area contributed by atoms with E-state index >= 15 is 0 Å². The molecule has 1 aromatic rings. The molecular formula is C11H18N4O2. The summed E-state index contributed by atoms with van der Waals surface area (Å²) in [4.78, 5) is 14.8. The van der Waals surface area contributed by atoms with Crippen LogP contribution in [-0.4, -0.2) is 32.4 Å². The second-order valence-corrected chi connectivity index (χ2v) is 4.88. The van der Waals surface area contributed by atoms with E-state index in [4.69, 9.17) is 5.73 Å². The molecule has 4 atom stereocenters. The summed E-state index contributed by atoms with van der Waals surface area (Å²) in [5.74, 6) is 0.565. The molecule has 0 aromatic carbocycles. The first-order valence-electron chi connectivity index (χ1n) is 5.86. The fourth-order valence-corrected chi connectivity index (χ4v) is 2.66. The highest BCUT2D eigenvalue weighted by molar-refractivity contribution is 5.88. The normalized spacial score (nSPS) is 32.9. The molecule has 2 rings (SSSR count). The molecule has 94 valence electrons. The topological polar surface area (TPSA) is 94.0 Å². The number of aliphatic hydroxyl groups excluding tert-OH is 1. The van der Waals surface area contributed by atoms with Crippen molar-refractivity contribution in [2.75, 3.05) is 6.61 Å². The fraction of sp³-hybridized carbons (Fsp3) is 0.727. The van der Waals surface area contributed by atoms with E-state index in [2.05, 4.69) is 23.9 Å². The van der Waals surface area contributed by atoms with E-state index in [-0.39, 0.29) is 24.4 Å². The van der Waals surface area contributed by atoms with Crippen LogP contribution in [0.3, 0.4) is 0 Å². The van der Waals surface area contributed by atoms with Gasteiger partial charge in [-0.05, 0) is 24.2 Å². The Morgan fingerprint density at radius 2 is 2.29 bits per heavy atom. The maximum atomic E-state index is 10.9. The van der Waals surface area contributed by atoms with Crippen molar-refractivity contribution < 1.29 is 9.90 Å². The quantitative estimate of drug-likeness (QED) is 0.786. The molecule has 6 nitrogen and oxygen atoms in total. The zero-order chi connectivity index (χ0) is 12.6. The van der Waals surface area contributed by atoms with E-state index < -0.39 is 5.91 Å².